The van der Waals surface area contributed by atoms with E-state index in [9.17, 15) is 13.6 Å². The van der Waals surface area contributed by atoms with Crippen molar-refractivity contribution in [2.24, 2.45) is 0 Å². The summed E-state index contributed by atoms with van der Waals surface area (Å²) in [4.78, 5) is 16.3. The van der Waals surface area contributed by atoms with Crippen LogP contribution in [0.4, 0.5) is 14.6 Å². The number of hydrogen-bond donors (Lipinski definition) is 1. The highest BCUT2D eigenvalue weighted by molar-refractivity contribution is 5.88. The molecule has 0 spiro atoms. The molecule has 0 bridgehead atoms. The Kier molecular flexibility index (Phi) is 3.34. The van der Waals surface area contributed by atoms with E-state index in [1.165, 1.54) is 6.07 Å². The molecule has 0 amide bonds. The Morgan fingerprint density at radius 2 is 2.11 bits per heavy atom. The number of carbonyl (C=O) groups is 1. The van der Waals surface area contributed by atoms with Crippen molar-refractivity contribution in [3.05, 3.63) is 23.4 Å². The van der Waals surface area contributed by atoms with Crippen LogP contribution in [0, 0.1) is 11.3 Å². The molecule has 19 heavy (non-hydrogen) atoms. The van der Waals surface area contributed by atoms with Crippen molar-refractivity contribution in [2.45, 2.75) is 18.8 Å². The highest BCUT2D eigenvalue weighted by Crippen LogP contribution is 2.30. The zero-order chi connectivity index (χ0) is 14.0. The van der Waals surface area contributed by atoms with Gasteiger partial charge < -0.3 is 10.0 Å². The molecule has 5 nitrogen and oxygen atoms in total. The summed E-state index contributed by atoms with van der Waals surface area (Å²) in [5.41, 5.74) is -0.00671. The van der Waals surface area contributed by atoms with Crippen LogP contribution in [0.25, 0.3) is 0 Å². The van der Waals surface area contributed by atoms with Crippen LogP contribution in [0.2, 0.25) is 0 Å². The zero-order valence-electron chi connectivity index (χ0n) is 9.94. The van der Waals surface area contributed by atoms with Crippen LogP contribution in [0.5, 0.6) is 0 Å². The van der Waals surface area contributed by atoms with Gasteiger partial charge in [-0.3, -0.25) is 0 Å². The maximum atomic E-state index is 13.1. The van der Waals surface area contributed by atoms with E-state index in [4.69, 9.17) is 10.4 Å². The first kappa shape index (κ1) is 13.2. The summed E-state index contributed by atoms with van der Waals surface area (Å²) in [6.07, 6.45) is 0.547. The molecule has 2 rings (SSSR count). The van der Waals surface area contributed by atoms with Crippen molar-refractivity contribution in [1.82, 2.24) is 4.98 Å². The summed E-state index contributed by atoms with van der Waals surface area (Å²) < 4.78 is 26.1. The summed E-state index contributed by atoms with van der Waals surface area (Å²) in [6, 6.07) is 3.06. The van der Waals surface area contributed by atoms with Crippen LogP contribution in [0.3, 0.4) is 0 Å². The molecule has 0 aliphatic carbocycles. The molecule has 0 atom stereocenters. The number of alkyl halides is 2. The number of pyridine rings is 1. The van der Waals surface area contributed by atoms with Gasteiger partial charge in [0.1, 0.15) is 11.9 Å². The number of halogens is 2. The zero-order valence-corrected chi connectivity index (χ0v) is 9.94. The summed E-state index contributed by atoms with van der Waals surface area (Å²) in [5, 5.41) is 17.8. The van der Waals surface area contributed by atoms with Crippen molar-refractivity contribution in [2.75, 3.05) is 18.0 Å². The van der Waals surface area contributed by atoms with Crippen molar-refractivity contribution in [1.29, 1.82) is 5.26 Å². The molecule has 1 aliphatic heterocycles. The van der Waals surface area contributed by atoms with Gasteiger partial charge in [-0.05, 0) is 6.07 Å². The molecule has 7 heteroatoms. The fraction of sp³-hybridized carbons (Fsp3) is 0.417. The number of nitrogens with zero attached hydrogens (tertiary/aromatic N) is 3. The van der Waals surface area contributed by atoms with Gasteiger partial charge >= 0.3 is 5.97 Å². The van der Waals surface area contributed by atoms with Crippen molar-refractivity contribution >= 4 is 11.8 Å². The number of aromatic carboxylic acids is 1. The molecule has 0 radical (unpaired) electrons. The minimum absolute atomic E-state index is 0.0881. The number of anilines is 1. The van der Waals surface area contributed by atoms with Gasteiger partial charge in [0.05, 0.1) is 11.1 Å². The molecule has 1 N–H and O–H groups in total. The van der Waals surface area contributed by atoms with Gasteiger partial charge in [0, 0.05) is 32.1 Å². The largest absolute Gasteiger partial charge is 0.478 e. The lowest BCUT2D eigenvalue weighted by atomic mass is 10.1. The van der Waals surface area contributed by atoms with Gasteiger partial charge in [-0.15, -0.1) is 0 Å². The van der Waals surface area contributed by atoms with E-state index in [0.717, 1.165) is 6.20 Å². The third-order valence-corrected chi connectivity index (χ3v) is 3.03. The van der Waals surface area contributed by atoms with Crippen LogP contribution < -0.4 is 4.90 Å². The lowest BCUT2D eigenvalue weighted by Crippen LogP contribution is -2.40. The van der Waals surface area contributed by atoms with Crippen LogP contribution in [-0.2, 0) is 0 Å². The van der Waals surface area contributed by atoms with E-state index in [2.05, 4.69) is 4.98 Å². The third kappa shape index (κ3) is 2.78. The van der Waals surface area contributed by atoms with Crippen molar-refractivity contribution < 1.29 is 18.7 Å². The van der Waals surface area contributed by atoms with Crippen LogP contribution in [-0.4, -0.2) is 35.1 Å². The second-order valence-electron chi connectivity index (χ2n) is 4.36. The summed E-state index contributed by atoms with van der Waals surface area (Å²) in [5.74, 6) is -3.59. The standard InChI is InChI=1S/C12H11F2N3O2/c13-12(14)1-3-17(4-2-12)10-8(6-15)5-9(7-16-10)11(18)19/h5,7H,1-4H2,(H,18,19). The average molecular weight is 267 g/mol. The normalized spacial score (nSPS) is 17.8. The Bertz CT molecular complexity index is 544. The lowest BCUT2D eigenvalue weighted by molar-refractivity contribution is -0.0221. The van der Waals surface area contributed by atoms with Crippen molar-refractivity contribution in [3.8, 4) is 6.07 Å². The van der Waals surface area contributed by atoms with Gasteiger partial charge in [-0.2, -0.15) is 5.26 Å². The first-order valence-electron chi connectivity index (χ1n) is 5.69. The maximum absolute atomic E-state index is 13.1. The summed E-state index contributed by atoms with van der Waals surface area (Å²) >= 11 is 0. The van der Waals surface area contributed by atoms with E-state index in [1.54, 1.807) is 4.90 Å². The van der Waals surface area contributed by atoms with Crippen molar-refractivity contribution in [3.63, 3.8) is 0 Å². The lowest BCUT2D eigenvalue weighted by Gasteiger charge is -2.32. The number of piperidine rings is 1. The quantitative estimate of drug-likeness (QED) is 0.885. The van der Waals surface area contributed by atoms with Gasteiger partial charge in [0.15, 0.2) is 0 Å². The Morgan fingerprint density at radius 1 is 1.47 bits per heavy atom. The van der Waals surface area contributed by atoms with Gasteiger partial charge in [-0.1, -0.05) is 0 Å². The van der Waals surface area contributed by atoms with E-state index in [1.807, 2.05) is 6.07 Å². The fourth-order valence-corrected chi connectivity index (χ4v) is 1.95. The Hall–Kier alpha value is -2.23. The topological polar surface area (TPSA) is 77.2 Å². The van der Waals surface area contributed by atoms with Crippen LogP contribution >= 0.6 is 0 Å². The van der Waals surface area contributed by atoms with Gasteiger partial charge in [0.2, 0.25) is 0 Å². The van der Waals surface area contributed by atoms with Crippen LogP contribution in [0.1, 0.15) is 28.8 Å². The number of carboxylic acid groups (broad SMARTS) is 1. The minimum atomic E-state index is -2.68. The summed E-state index contributed by atoms with van der Waals surface area (Å²) in [7, 11) is 0. The molecule has 100 valence electrons. The monoisotopic (exact) mass is 267 g/mol. The predicted molar refractivity (Wildman–Crippen MR) is 62.3 cm³/mol. The highest BCUT2D eigenvalue weighted by Gasteiger charge is 2.35. The third-order valence-electron chi connectivity index (χ3n) is 3.03. The molecule has 0 saturated carbocycles. The van der Waals surface area contributed by atoms with E-state index >= 15 is 0 Å². The molecular formula is C12H11F2N3O2. The number of carboxylic acids is 1. The first-order valence-corrected chi connectivity index (χ1v) is 5.69. The number of rotatable bonds is 2. The SMILES string of the molecule is N#Cc1cc(C(=O)O)cnc1N1CCC(F)(F)CC1. The molecule has 0 aromatic carbocycles. The van der Waals surface area contributed by atoms with Gasteiger partial charge in [-0.25, -0.2) is 18.6 Å². The van der Waals surface area contributed by atoms with Crippen LogP contribution in [0.15, 0.2) is 12.3 Å². The number of hydrogen-bond acceptors (Lipinski definition) is 4. The molecular weight excluding hydrogens is 256 g/mol. The molecule has 1 aliphatic rings. The molecule has 1 saturated heterocycles. The number of nitriles is 1. The second kappa shape index (κ2) is 4.80. The molecule has 2 heterocycles. The second-order valence-corrected chi connectivity index (χ2v) is 4.36. The Balaban J connectivity index is 2.26. The minimum Gasteiger partial charge on any atom is -0.478 e. The molecule has 1 fully saturated rings. The predicted octanol–water partition coefficient (Wildman–Crippen LogP) is 1.89. The average Bonchev–Trinajstić information content (AvgIpc) is 2.38. The Morgan fingerprint density at radius 3 is 2.63 bits per heavy atom. The van der Waals surface area contributed by atoms with E-state index in [-0.39, 0.29) is 42.9 Å². The van der Waals surface area contributed by atoms with E-state index < -0.39 is 11.9 Å². The highest BCUT2D eigenvalue weighted by atomic mass is 19.3. The molecule has 1 aromatic heterocycles. The first-order chi connectivity index (χ1) is 8.93. The number of aromatic nitrogens is 1. The Labute approximate surface area is 108 Å². The smallest absolute Gasteiger partial charge is 0.337 e. The summed E-state index contributed by atoms with van der Waals surface area (Å²) in [6.45, 7) is 0.197. The molecule has 1 aromatic rings. The maximum Gasteiger partial charge on any atom is 0.337 e. The van der Waals surface area contributed by atoms with E-state index in [0.29, 0.717) is 0 Å². The fourth-order valence-electron chi connectivity index (χ4n) is 1.95. The molecule has 0 unspecified atom stereocenters. The van der Waals surface area contributed by atoms with Gasteiger partial charge in [0.25, 0.3) is 5.92 Å².